The van der Waals surface area contributed by atoms with Gasteiger partial charge >= 0.3 is 0 Å². The molecular weight excluding hydrogens is 214 g/mol. The van der Waals surface area contributed by atoms with Gasteiger partial charge in [-0.15, -0.1) is 0 Å². The standard InChI is InChI=1S/C14H23NO2/c1-3-10-17-14(12-16)11-15(4-2)13-8-6-5-7-9-13/h5-9,14,16H,3-4,10-12H2,1-2H3. The Labute approximate surface area is 104 Å². The lowest BCUT2D eigenvalue weighted by atomic mass is 10.2. The van der Waals surface area contributed by atoms with Gasteiger partial charge in [0.1, 0.15) is 0 Å². The van der Waals surface area contributed by atoms with E-state index in [9.17, 15) is 5.11 Å². The maximum atomic E-state index is 9.29. The smallest absolute Gasteiger partial charge is 0.0979 e. The summed E-state index contributed by atoms with van der Waals surface area (Å²) in [7, 11) is 0. The van der Waals surface area contributed by atoms with E-state index in [0.717, 1.165) is 19.5 Å². The van der Waals surface area contributed by atoms with Crippen molar-refractivity contribution in [1.82, 2.24) is 0 Å². The third-order valence-corrected chi connectivity index (χ3v) is 2.69. The predicted molar refractivity (Wildman–Crippen MR) is 71.4 cm³/mol. The summed E-state index contributed by atoms with van der Waals surface area (Å²) in [6, 6.07) is 10.2. The Bertz CT molecular complexity index is 290. The molecule has 1 N–H and O–H groups in total. The van der Waals surface area contributed by atoms with Crippen molar-refractivity contribution in [3.63, 3.8) is 0 Å². The van der Waals surface area contributed by atoms with Crippen molar-refractivity contribution < 1.29 is 9.84 Å². The van der Waals surface area contributed by atoms with Crippen LogP contribution in [0, 0.1) is 0 Å². The first-order valence-electron chi connectivity index (χ1n) is 6.34. The van der Waals surface area contributed by atoms with Gasteiger partial charge in [0.15, 0.2) is 0 Å². The van der Waals surface area contributed by atoms with Gasteiger partial charge < -0.3 is 14.7 Å². The first kappa shape index (κ1) is 14.0. The Balaban J connectivity index is 2.56. The number of aliphatic hydroxyl groups excluding tert-OH is 1. The lowest BCUT2D eigenvalue weighted by Crippen LogP contribution is -2.36. The molecule has 0 amide bonds. The van der Waals surface area contributed by atoms with E-state index in [-0.39, 0.29) is 12.7 Å². The van der Waals surface area contributed by atoms with Crippen LogP contribution in [0.3, 0.4) is 0 Å². The molecule has 96 valence electrons. The predicted octanol–water partition coefficient (Wildman–Crippen LogP) is 2.30. The summed E-state index contributed by atoms with van der Waals surface area (Å²) in [6.45, 7) is 6.61. The van der Waals surface area contributed by atoms with E-state index in [0.29, 0.717) is 6.61 Å². The van der Waals surface area contributed by atoms with Crippen LogP contribution in [0.4, 0.5) is 5.69 Å². The van der Waals surface area contributed by atoms with Crippen LogP contribution < -0.4 is 4.90 Å². The normalized spacial score (nSPS) is 12.4. The Hall–Kier alpha value is -1.06. The van der Waals surface area contributed by atoms with E-state index in [4.69, 9.17) is 4.74 Å². The number of likely N-dealkylation sites (N-methyl/N-ethyl adjacent to an activating group) is 1. The van der Waals surface area contributed by atoms with Crippen molar-refractivity contribution in [1.29, 1.82) is 0 Å². The fourth-order valence-corrected chi connectivity index (χ4v) is 1.75. The highest BCUT2D eigenvalue weighted by atomic mass is 16.5. The number of nitrogens with zero attached hydrogens (tertiary/aromatic N) is 1. The molecule has 0 spiro atoms. The zero-order chi connectivity index (χ0) is 12.5. The van der Waals surface area contributed by atoms with E-state index in [1.165, 1.54) is 5.69 Å². The van der Waals surface area contributed by atoms with Gasteiger partial charge in [-0.2, -0.15) is 0 Å². The fraction of sp³-hybridized carbons (Fsp3) is 0.571. The van der Waals surface area contributed by atoms with Gasteiger partial charge in [0.25, 0.3) is 0 Å². The van der Waals surface area contributed by atoms with Crippen LogP contribution in [0.1, 0.15) is 20.3 Å². The summed E-state index contributed by atoms with van der Waals surface area (Å²) in [6.07, 6.45) is 0.878. The molecule has 1 rings (SSSR count). The zero-order valence-electron chi connectivity index (χ0n) is 10.8. The Morgan fingerprint density at radius 1 is 1.24 bits per heavy atom. The average molecular weight is 237 g/mol. The fourth-order valence-electron chi connectivity index (χ4n) is 1.75. The van der Waals surface area contributed by atoms with Crippen LogP contribution in [-0.2, 0) is 4.74 Å². The Morgan fingerprint density at radius 3 is 2.47 bits per heavy atom. The van der Waals surface area contributed by atoms with Crippen molar-refractivity contribution in [2.45, 2.75) is 26.4 Å². The van der Waals surface area contributed by atoms with Crippen LogP contribution in [0.25, 0.3) is 0 Å². The lowest BCUT2D eigenvalue weighted by Gasteiger charge is -2.27. The minimum atomic E-state index is -0.102. The molecule has 17 heavy (non-hydrogen) atoms. The zero-order valence-corrected chi connectivity index (χ0v) is 10.8. The SMILES string of the molecule is CCCOC(CO)CN(CC)c1ccccc1. The average Bonchev–Trinajstić information content (AvgIpc) is 2.40. The topological polar surface area (TPSA) is 32.7 Å². The van der Waals surface area contributed by atoms with E-state index >= 15 is 0 Å². The molecule has 0 saturated carbocycles. The highest BCUT2D eigenvalue weighted by Crippen LogP contribution is 2.13. The number of hydrogen-bond acceptors (Lipinski definition) is 3. The summed E-state index contributed by atoms with van der Waals surface area (Å²) in [4.78, 5) is 2.22. The van der Waals surface area contributed by atoms with Crippen LogP contribution in [0.15, 0.2) is 30.3 Å². The lowest BCUT2D eigenvalue weighted by molar-refractivity contribution is 0.0182. The molecule has 3 nitrogen and oxygen atoms in total. The minimum Gasteiger partial charge on any atom is -0.394 e. The van der Waals surface area contributed by atoms with E-state index in [1.807, 2.05) is 18.2 Å². The Kier molecular flexibility index (Phi) is 6.67. The second kappa shape index (κ2) is 8.09. The molecule has 0 aliphatic heterocycles. The molecule has 0 bridgehead atoms. The van der Waals surface area contributed by atoms with Crippen molar-refractivity contribution in [2.24, 2.45) is 0 Å². The third-order valence-electron chi connectivity index (χ3n) is 2.69. The van der Waals surface area contributed by atoms with Crippen LogP contribution in [-0.4, -0.2) is 37.5 Å². The minimum absolute atomic E-state index is 0.0728. The summed E-state index contributed by atoms with van der Waals surface area (Å²) < 4.78 is 5.60. The molecule has 0 heterocycles. The molecule has 0 aromatic heterocycles. The molecule has 0 aliphatic rings. The van der Waals surface area contributed by atoms with Gasteiger partial charge in [-0.3, -0.25) is 0 Å². The molecule has 1 aromatic rings. The molecule has 0 fully saturated rings. The molecule has 0 aliphatic carbocycles. The van der Waals surface area contributed by atoms with Crippen molar-refractivity contribution in [2.75, 3.05) is 31.2 Å². The number of anilines is 1. The monoisotopic (exact) mass is 237 g/mol. The van der Waals surface area contributed by atoms with Gasteiger partial charge in [-0.25, -0.2) is 0 Å². The van der Waals surface area contributed by atoms with Gasteiger partial charge in [-0.1, -0.05) is 25.1 Å². The number of hydrogen-bond donors (Lipinski definition) is 1. The van der Waals surface area contributed by atoms with Gasteiger partial charge in [-0.05, 0) is 25.5 Å². The van der Waals surface area contributed by atoms with Gasteiger partial charge in [0.05, 0.1) is 12.7 Å². The van der Waals surface area contributed by atoms with Crippen molar-refractivity contribution in [3.8, 4) is 0 Å². The quantitative estimate of drug-likeness (QED) is 0.753. The molecule has 1 unspecified atom stereocenters. The van der Waals surface area contributed by atoms with Crippen LogP contribution >= 0.6 is 0 Å². The molecule has 3 heteroatoms. The summed E-state index contributed by atoms with van der Waals surface area (Å²) in [5.41, 5.74) is 1.17. The highest BCUT2D eigenvalue weighted by Gasteiger charge is 2.12. The molecule has 1 aromatic carbocycles. The summed E-state index contributed by atoms with van der Waals surface area (Å²) in [5, 5.41) is 9.29. The first-order valence-corrected chi connectivity index (χ1v) is 6.34. The second-order valence-corrected chi connectivity index (χ2v) is 4.05. The van der Waals surface area contributed by atoms with Gasteiger partial charge in [0, 0.05) is 25.4 Å². The van der Waals surface area contributed by atoms with Crippen molar-refractivity contribution in [3.05, 3.63) is 30.3 Å². The number of benzene rings is 1. The molecule has 0 radical (unpaired) electrons. The molecule has 1 atom stereocenters. The Morgan fingerprint density at radius 2 is 1.94 bits per heavy atom. The van der Waals surface area contributed by atoms with Gasteiger partial charge in [0.2, 0.25) is 0 Å². The third kappa shape index (κ3) is 4.75. The molecule has 0 saturated heterocycles. The first-order chi connectivity index (χ1) is 8.31. The number of para-hydroxylation sites is 1. The number of aliphatic hydroxyl groups is 1. The van der Waals surface area contributed by atoms with Crippen LogP contribution in [0.2, 0.25) is 0 Å². The van der Waals surface area contributed by atoms with Crippen molar-refractivity contribution >= 4 is 5.69 Å². The highest BCUT2D eigenvalue weighted by molar-refractivity contribution is 5.45. The maximum Gasteiger partial charge on any atom is 0.0979 e. The summed E-state index contributed by atoms with van der Waals surface area (Å²) >= 11 is 0. The number of ether oxygens (including phenoxy) is 1. The number of rotatable bonds is 8. The summed E-state index contributed by atoms with van der Waals surface area (Å²) in [5.74, 6) is 0. The van der Waals surface area contributed by atoms with Crippen LogP contribution in [0.5, 0.6) is 0 Å². The van der Waals surface area contributed by atoms with E-state index in [2.05, 4.69) is 30.9 Å². The molecular formula is C14H23NO2. The van der Waals surface area contributed by atoms with E-state index < -0.39 is 0 Å². The second-order valence-electron chi connectivity index (χ2n) is 4.05. The largest absolute Gasteiger partial charge is 0.394 e. The van der Waals surface area contributed by atoms with E-state index in [1.54, 1.807) is 0 Å². The maximum absolute atomic E-state index is 9.29.